The van der Waals surface area contributed by atoms with Gasteiger partial charge in [0, 0.05) is 25.6 Å². The Morgan fingerprint density at radius 1 is 0.816 bits per heavy atom. The number of fused-ring (bicyclic) bond motifs is 2. The third-order valence-electron chi connectivity index (χ3n) is 7.41. The van der Waals surface area contributed by atoms with Crippen molar-refractivity contribution >= 4 is 22.1 Å². The van der Waals surface area contributed by atoms with E-state index in [9.17, 15) is 5.26 Å². The Morgan fingerprint density at radius 2 is 1.58 bits per heavy atom. The fourth-order valence-electron chi connectivity index (χ4n) is 5.40. The van der Waals surface area contributed by atoms with E-state index in [-0.39, 0.29) is 0 Å². The van der Waals surface area contributed by atoms with Crippen molar-refractivity contribution in [2.75, 3.05) is 0 Å². The monoisotopic (exact) mass is 495 g/mol. The van der Waals surface area contributed by atoms with Gasteiger partial charge >= 0.3 is 0 Å². The Morgan fingerprint density at radius 3 is 2.34 bits per heavy atom. The minimum absolute atomic E-state index is 0.693. The standard InChI is InChI=1S/C33H29N5/c1-4-9-31-36-32-22(2)26(33-35-28-12-7-8-13-29(28)37(33)3)18-19-30(32)38(31)21-23-14-16-24(17-15-23)27-11-6-5-10-25(27)20-34/h5-8,10-19H,4,9,21H2,1-3H3. The summed E-state index contributed by atoms with van der Waals surface area (Å²) in [5, 5.41) is 9.49. The van der Waals surface area contributed by atoms with Crippen LogP contribution in [0, 0.1) is 18.3 Å². The molecule has 0 amide bonds. The van der Waals surface area contributed by atoms with Crippen molar-refractivity contribution < 1.29 is 0 Å². The van der Waals surface area contributed by atoms with Crippen molar-refractivity contribution in [1.29, 1.82) is 5.26 Å². The summed E-state index contributed by atoms with van der Waals surface area (Å²) in [6.07, 6.45) is 1.95. The highest BCUT2D eigenvalue weighted by atomic mass is 15.1. The van der Waals surface area contributed by atoms with Crippen LogP contribution in [0.4, 0.5) is 0 Å². The number of aromatic nitrogens is 4. The summed E-state index contributed by atoms with van der Waals surface area (Å²) < 4.78 is 4.52. The molecule has 5 heteroatoms. The van der Waals surface area contributed by atoms with Gasteiger partial charge in [0.2, 0.25) is 0 Å². The average molecular weight is 496 g/mol. The van der Waals surface area contributed by atoms with Gasteiger partial charge in [-0.2, -0.15) is 5.26 Å². The van der Waals surface area contributed by atoms with Gasteiger partial charge in [0.05, 0.1) is 33.7 Å². The number of rotatable bonds is 6. The second kappa shape index (κ2) is 9.64. The van der Waals surface area contributed by atoms with Crippen LogP contribution in [0.3, 0.4) is 0 Å². The van der Waals surface area contributed by atoms with Crippen LogP contribution in [0.1, 0.15) is 35.9 Å². The number of hydrogen-bond acceptors (Lipinski definition) is 3. The van der Waals surface area contributed by atoms with Gasteiger partial charge in [0.25, 0.3) is 0 Å². The highest BCUT2D eigenvalue weighted by molar-refractivity contribution is 5.88. The first kappa shape index (κ1) is 23.7. The van der Waals surface area contributed by atoms with E-state index in [1.807, 2.05) is 30.3 Å². The molecule has 2 heterocycles. The van der Waals surface area contributed by atoms with Crippen molar-refractivity contribution in [3.8, 4) is 28.6 Å². The molecule has 0 saturated heterocycles. The second-order valence-corrected chi connectivity index (χ2v) is 9.81. The van der Waals surface area contributed by atoms with Crippen molar-refractivity contribution in [3.63, 3.8) is 0 Å². The number of nitriles is 1. The van der Waals surface area contributed by atoms with Crippen LogP contribution >= 0.6 is 0 Å². The van der Waals surface area contributed by atoms with Gasteiger partial charge in [-0.05, 0) is 65.9 Å². The van der Waals surface area contributed by atoms with Gasteiger partial charge in [-0.25, -0.2) is 9.97 Å². The van der Waals surface area contributed by atoms with Crippen LogP contribution in [-0.4, -0.2) is 19.1 Å². The van der Waals surface area contributed by atoms with Gasteiger partial charge in [0.15, 0.2) is 0 Å². The van der Waals surface area contributed by atoms with Crippen LogP contribution in [0.25, 0.3) is 44.6 Å². The Balaban J connectivity index is 1.40. The summed E-state index contributed by atoms with van der Waals surface area (Å²) in [6.45, 7) is 5.10. The molecule has 6 rings (SSSR count). The lowest BCUT2D eigenvalue weighted by Gasteiger charge is -2.11. The molecule has 0 N–H and O–H groups in total. The third kappa shape index (κ3) is 3.95. The predicted octanol–water partition coefficient (Wildman–Crippen LogP) is 7.44. The predicted molar refractivity (Wildman–Crippen MR) is 154 cm³/mol. The zero-order chi connectivity index (χ0) is 26.2. The Bertz CT molecular complexity index is 1830. The first-order chi connectivity index (χ1) is 18.6. The zero-order valence-corrected chi connectivity index (χ0v) is 21.9. The van der Waals surface area contributed by atoms with Gasteiger partial charge < -0.3 is 9.13 Å². The van der Waals surface area contributed by atoms with Crippen molar-refractivity contribution in [2.24, 2.45) is 7.05 Å². The molecular formula is C33H29N5. The maximum absolute atomic E-state index is 9.49. The lowest BCUT2D eigenvalue weighted by Crippen LogP contribution is -2.05. The molecule has 6 aromatic rings. The lowest BCUT2D eigenvalue weighted by atomic mass is 9.99. The first-order valence-corrected chi connectivity index (χ1v) is 13.1. The SMILES string of the molecule is CCCc1nc2c(C)c(-c3nc4ccccc4n3C)ccc2n1Cc1ccc(-c2ccccc2C#N)cc1. The van der Waals surface area contributed by atoms with Crippen LogP contribution in [-0.2, 0) is 20.0 Å². The number of imidazole rings is 2. The molecule has 0 spiro atoms. The van der Waals surface area contributed by atoms with E-state index in [0.29, 0.717) is 5.56 Å². The largest absolute Gasteiger partial charge is 0.327 e. The first-order valence-electron chi connectivity index (χ1n) is 13.1. The summed E-state index contributed by atoms with van der Waals surface area (Å²) in [4.78, 5) is 10.1. The van der Waals surface area contributed by atoms with Gasteiger partial charge in [-0.15, -0.1) is 0 Å². The zero-order valence-electron chi connectivity index (χ0n) is 21.9. The summed E-state index contributed by atoms with van der Waals surface area (Å²) in [7, 11) is 2.08. The van der Waals surface area contributed by atoms with Gasteiger partial charge in [-0.1, -0.05) is 61.5 Å². The smallest absolute Gasteiger partial charge is 0.141 e. The molecule has 0 unspecified atom stereocenters. The molecule has 0 saturated carbocycles. The van der Waals surface area contributed by atoms with Crippen LogP contribution in [0.15, 0.2) is 84.9 Å². The van der Waals surface area contributed by atoms with E-state index >= 15 is 0 Å². The van der Waals surface area contributed by atoms with Crippen molar-refractivity contribution in [1.82, 2.24) is 19.1 Å². The molecule has 38 heavy (non-hydrogen) atoms. The molecule has 5 nitrogen and oxygen atoms in total. The second-order valence-electron chi connectivity index (χ2n) is 9.81. The molecular weight excluding hydrogens is 466 g/mol. The van der Waals surface area contributed by atoms with Crippen LogP contribution in [0.2, 0.25) is 0 Å². The summed E-state index contributed by atoms with van der Waals surface area (Å²) in [5.41, 5.74) is 10.5. The molecule has 0 aliphatic heterocycles. The van der Waals surface area contributed by atoms with E-state index < -0.39 is 0 Å². The summed E-state index contributed by atoms with van der Waals surface area (Å²) >= 11 is 0. The van der Waals surface area contributed by atoms with E-state index in [0.717, 1.165) is 75.4 Å². The minimum Gasteiger partial charge on any atom is -0.327 e. The van der Waals surface area contributed by atoms with E-state index in [1.54, 1.807) is 0 Å². The number of para-hydroxylation sites is 2. The highest BCUT2D eigenvalue weighted by Crippen LogP contribution is 2.32. The maximum Gasteiger partial charge on any atom is 0.141 e. The van der Waals surface area contributed by atoms with E-state index in [2.05, 4.69) is 90.7 Å². The topological polar surface area (TPSA) is 59.4 Å². The molecule has 0 aliphatic rings. The lowest BCUT2D eigenvalue weighted by molar-refractivity contribution is 0.722. The number of nitrogens with zero attached hydrogens (tertiary/aromatic N) is 5. The fourth-order valence-corrected chi connectivity index (χ4v) is 5.40. The molecule has 4 aromatic carbocycles. The maximum atomic E-state index is 9.49. The Kier molecular flexibility index (Phi) is 6.01. The van der Waals surface area contributed by atoms with Gasteiger partial charge in [0.1, 0.15) is 11.6 Å². The summed E-state index contributed by atoms with van der Waals surface area (Å²) in [5.74, 6) is 2.07. The van der Waals surface area contributed by atoms with Crippen LogP contribution < -0.4 is 0 Å². The number of benzene rings is 4. The van der Waals surface area contributed by atoms with Gasteiger partial charge in [-0.3, -0.25) is 0 Å². The number of hydrogen-bond donors (Lipinski definition) is 0. The van der Waals surface area contributed by atoms with Crippen LogP contribution in [0.5, 0.6) is 0 Å². The molecule has 0 aliphatic carbocycles. The van der Waals surface area contributed by atoms with E-state index in [1.165, 1.54) is 5.56 Å². The third-order valence-corrected chi connectivity index (χ3v) is 7.41. The highest BCUT2D eigenvalue weighted by Gasteiger charge is 2.18. The molecule has 0 atom stereocenters. The molecule has 186 valence electrons. The molecule has 0 bridgehead atoms. The average Bonchev–Trinajstić information content (AvgIpc) is 3.47. The molecule has 0 fully saturated rings. The minimum atomic E-state index is 0.693. The molecule has 0 radical (unpaired) electrons. The van der Waals surface area contributed by atoms with Crippen molar-refractivity contribution in [3.05, 3.63) is 107 Å². The fraction of sp³-hybridized carbons (Fsp3) is 0.182. The molecule has 2 aromatic heterocycles. The van der Waals surface area contributed by atoms with Crippen molar-refractivity contribution in [2.45, 2.75) is 33.2 Å². The quantitative estimate of drug-likeness (QED) is 0.241. The normalized spacial score (nSPS) is 11.3. The Labute approximate surface area is 222 Å². The number of aryl methyl sites for hydroxylation is 3. The Hall–Kier alpha value is -4.69. The van der Waals surface area contributed by atoms with E-state index in [4.69, 9.17) is 9.97 Å². The summed E-state index contributed by atoms with van der Waals surface area (Å²) in [6, 6.07) is 31.2.